The largest absolute Gasteiger partial charge is 0.534 e. The Hall–Kier alpha value is -2.09. The maximum Gasteiger partial charge on any atom is 0.534 e. The first-order chi connectivity index (χ1) is 11.3. The van der Waals surface area contributed by atoms with Crippen LogP contribution in [-0.2, 0) is 21.0 Å². The van der Waals surface area contributed by atoms with Gasteiger partial charge in [-0.2, -0.15) is 34.8 Å². The van der Waals surface area contributed by atoms with Gasteiger partial charge in [0, 0.05) is 11.5 Å². The number of fused-ring (bicyclic) bond motifs is 1. The number of carbonyl (C=O) groups excluding carboxylic acids is 1. The molecule has 0 saturated heterocycles. The van der Waals surface area contributed by atoms with Crippen molar-refractivity contribution in [2.45, 2.75) is 11.7 Å². The van der Waals surface area contributed by atoms with Crippen LogP contribution in [0.3, 0.4) is 0 Å². The van der Waals surface area contributed by atoms with Gasteiger partial charge in [-0.1, -0.05) is 0 Å². The highest BCUT2D eigenvalue weighted by atomic mass is 32.2. The summed E-state index contributed by atoms with van der Waals surface area (Å²) in [4.78, 5) is 13.8. The van der Waals surface area contributed by atoms with Gasteiger partial charge in [-0.25, -0.2) is 9.78 Å². The average Bonchev–Trinajstić information content (AvgIpc) is 2.86. The lowest BCUT2D eigenvalue weighted by atomic mass is 10.1. The lowest BCUT2D eigenvalue weighted by Gasteiger charge is -2.12. The van der Waals surface area contributed by atoms with Crippen LogP contribution in [0.5, 0.6) is 5.88 Å². The summed E-state index contributed by atoms with van der Waals surface area (Å²) < 4.78 is 106. The van der Waals surface area contributed by atoms with Crippen LogP contribution in [0.4, 0.5) is 26.3 Å². The number of halogens is 6. The second-order valence-electron chi connectivity index (χ2n) is 4.31. The first kappa shape index (κ1) is 19.2. The van der Waals surface area contributed by atoms with E-state index in [0.29, 0.717) is 11.3 Å². The molecule has 25 heavy (non-hydrogen) atoms. The smallest absolute Gasteiger partial charge is 0.465 e. The van der Waals surface area contributed by atoms with E-state index in [1.165, 1.54) is 0 Å². The van der Waals surface area contributed by atoms with E-state index >= 15 is 0 Å². The highest BCUT2D eigenvalue weighted by Crippen LogP contribution is 2.40. The molecule has 0 unspecified atom stereocenters. The number of carbonyl (C=O) groups is 1. The van der Waals surface area contributed by atoms with E-state index in [9.17, 15) is 39.6 Å². The number of alkyl halides is 6. The Kier molecular flexibility index (Phi) is 4.63. The summed E-state index contributed by atoms with van der Waals surface area (Å²) in [6.07, 6.45) is -5.07. The predicted octanol–water partition coefficient (Wildman–Crippen LogP) is 3.33. The fraction of sp³-hybridized carbons (Fsp3) is 0.273. The van der Waals surface area contributed by atoms with Gasteiger partial charge < -0.3 is 8.92 Å². The third kappa shape index (κ3) is 3.78. The molecule has 0 aliphatic heterocycles. The molecule has 14 heteroatoms. The minimum atomic E-state index is -6.21. The summed E-state index contributed by atoms with van der Waals surface area (Å²) in [6, 6.07) is 0.781. The minimum absolute atomic E-state index is 0.000593. The monoisotopic (exact) mass is 409 g/mol. The third-order valence-corrected chi connectivity index (χ3v) is 4.62. The minimum Gasteiger partial charge on any atom is -0.465 e. The first-order valence-corrected chi connectivity index (χ1v) is 8.09. The normalized spacial score (nSPS) is 13.1. The van der Waals surface area contributed by atoms with Crippen molar-refractivity contribution < 1.29 is 48.5 Å². The van der Waals surface area contributed by atoms with Gasteiger partial charge in [-0.15, -0.1) is 11.3 Å². The third-order valence-electron chi connectivity index (χ3n) is 2.65. The molecule has 2 aromatic heterocycles. The van der Waals surface area contributed by atoms with Crippen molar-refractivity contribution in [2.24, 2.45) is 0 Å². The maximum absolute atomic E-state index is 13.1. The Morgan fingerprint density at radius 1 is 1.16 bits per heavy atom. The zero-order chi connectivity index (χ0) is 19.2. The molecule has 2 aromatic rings. The van der Waals surface area contributed by atoms with Crippen molar-refractivity contribution >= 4 is 37.6 Å². The van der Waals surface area contributed by atoms with Crippen LogP contribution >= 0.6 is 11.3 Å². The van der Waals surface area contributed by atoms with Crippen molar-refractivity contribution in [3.63, 3.8) is 0 Å². The number of ether oxygens (including phenoxy) is 1. The fourth-order valence-corrected chi connectivity index (χ4v) is 3.00. The first-order valence-electron chi connectivity index (χ1n) is 5.87. The lowest BCUT2D eigenvalue weighted by Crippen LogP contribution is -2.28. The van der Waals surface area contributed by atoms with Gasteiger partial charge in [0.05, 0.1) is 12.7 Å². The molecule has 0 aliphatic carbocycles. The number of aromatic nitrogens is 1. The number of thiophene rings is 1. The van der Waals surface area contributed by atoms with Gasteiger partial charge in [0.2, 0.25) is 5.88 Å². The Balaban J connectivity index is 2.66. The van der Waals surface area contributed by atoms with Gasteiger partial charge in [-0.3, -0.25) is 0 Å². The summed E-state index contributed by atoms with van der Waals surface area (Å²) in [5, 5.41) is -0.616. The molecule has 0 N–H and O–H groups in total. The number of pyridine rings is 1. The predicted molar refractivity (Wildman–Crippen MR) is 71.6 cm³/mol. The SMILES string of the molecule is COC(=O)c1cc2c(C(F)(F)F)cc(OS(=O)(=O)C(F)(F)F)nc2s1. The van der Waals surface area contributed by atoms with E-state index in [-0.39, 0.29) is 10.9 Å². The number of esters is 1. The summed E-state index contributed by atoms with van der Waals surface area (Å²) in [5.74, 6) is -2.43. The molecule has 138 valence electrons. The molecular formula is C11H5F6NO5S2. The van der Waals surface area contributed by atoms with Crippen molar-refractivity contribution in [1.82, 2.24) is 4.98 Å². The maximum atomic E-state index is 13.1. The fourth-order valence-electron chi connectivity index (χ4n) is 1.63. The van der Waals surface area contributed by atoms with E-state index in [1.807, 2.05) is 0 Å². The van der Waals surface area contributed by atoms with E-state index in [1.54, 1.807) is 0 Å². The van der Waals surface area contributed by atoms with Crippen LogP contribution in [0.25, 0.3) is 10.2 Å². The molecule has 0 bridgehead atoms. The van der Waals surface area contributed by atoms with Gasteiger partial charge >= 0.3 is 27.8 Å². The highest BCUT2D eigenvalue weighted by Gasteiger charge is 2.49. The van der Waals surface area contributed by atoms with Gasteiger partial charge in [0.15, 0.2) is 0 Å². The van der Waals surface area contributed by atoms with Crippen LogP contribution < -0.4 is 4.18 Å². The van der Waals surface area contributed by atoms with Crippen LogP contribution in [0.15, 0.2) is 12.1 Å². The average molecular weight is 409 g/mol. The van der Waals surface area contributed by atoms with Crippen molar-refractivity contribution in [2.75, 3.05) is 7.11 Å². The van der Waals surface area contributed by atoms with Gasteiger partial charge in [0.25, 0.3) is 0 Å². The van der Waals surface area contributed by atoms with E-state index < -0.39 is 49.4 Å². The van der Waals surface area contributed by atoms with Crippen LogP contribution in [0, 0.1) is 0 Å². The summed E-state index contributed by atoms with van der Waals surface area (Å²) >= 11 is 0.366. The second kappa shape index (κ2) is 6.01. The molecule has 2 heterocycles. The number of nitrogens with zero attached hydrogens (tertiary/aromatic N) is 1. The number of hydrogen-bond acceptors (Lipinski definition) is 7. The van der Waals surface area contributed by atoms with E-state index in [2.05, 4.69) is 13.9 Å². The quantitative estimate of drug-likeness (QED) is 0.335. The molecule has 0 aliphatic rings. The highest BCUT2D eigenvalue weighted by molar-refractivity contribution is 7.87. The standard InChI is InChI=1S/C11H5F6NO5S2/c1-22-9(19)6-2-4-5(10(12,13)14)3-7(18-8(4)24-6)23-25(20,21)11(15,16)17/h2-3H,1H3. The molecule has 0 saturated carbocycles. The molecule has 0 amide bonds. The second-order valence-corrected chi connectivity index (χ2v) is 6.88. The summed E-state index contributed by atoms with van der Waals surface area (Å²) in [6.45, 7) is 0. The van der Waals surface area contributed by atoms with E-state index in [4.69, 9.17) is 0 Å². The Bertz CT molecular complexity index is 931. The molecule has 0 atom stereocenters. The molecule has 0 spiro atoms. The Morgan fingerprint density at radius 2 is 1.76 bits per heavy atom. The molecule has 0 radical (unpaired) electrons. The number of rotatable bonds is 3. The van der Waals surface area contributed by atoms with Gasteiger partial charge in [-0.05, 0) is 6.07 Å². The lowest BCUT2D eigenvalue weighted by molar-refractivity contribution is -0.136. The molecule has 0 fully saturated rings. The zero-order valence-electron chi connectivity index (χ0n) is 11.7. The Morgan fingerprint density at radius 3 is 2.24 bits per heavy atom. The topological polar surface area (TPSA) is 82.6 Å². The van der Waals surface area contributed by atoms with Crippen LogP contribution in [-0.4, -0.2) is 32.0 Å². The van der Waals surface area contributed by atoms with Crippen LogP contribution in [0.2, 0.25) is 0 Å². The number of hydrogen-bond donors (Lipinski definition) is 0. The molecular weight excluding hydrogens is 404 g/mol. The molecule has 2 rings (SSSR count). The zero-order valence-corrected chi connectivity index (χ0v) is 13.4. The molecule has 6 nitrogen and oxygen atoms in total. The van der Waals surface area contributed by atoms with E-state index in [0.717, 1.165) is 13.2 Å². The Labute approximate surface area is 139 Å². The van der Waals surface area contributed by atoms with Crippen LogP contribution in [0.1, 0.15) is 15.2 Å². The van der Waals surface area contributed by atoms with Crippen molar-refractivity contribution in [3.8, 4) is 5.88 Å². The summed E-state index contributed by atoms with van der Waals surface area (Å²) in [5.41, 5.74) is -7.37. The van der Waals surface area contributed by atoms with Crippen molar-refractivity contribution in [1.29, 1.82) is 0 Å². The summed E-state index contributed by atoms with van der Waals surface area (Å²) in [7, 11) is -5.25. The van der Waals surface area contributed by atoms with Gasteiger partial charge in [0.1, 0.15) is 9.71 Å². The number of methoxy groups -OCH3 is 1. The van der Waals surface area contributed by atoms with Crippen molar-refractivity contribution in [3.05, 3.63) is 22.6 Å². The molecule has 0 aromatic carbocycles.